The van der Waals surface area contributed by atoms with Crippen LogP contribution in [0.25, 0.3) is 10.9 Å². The van der Waals surface area contributed by atoms with E-state index in [0.29, 0.717) is 0 Å². The minimum absolute atomic E-state index is 0.0838. The first kappa shape index (κ1) is 15.5. The van der Waals surface area contributed by atoms with Crippen LogP contribution in [0.3, 0.4) is 0 Å². The number of benzene rings is 1. The summed E-state index contributed by atoms with van der Waals surface area (Å²) >= 11 is 0. The lowest BCUT2D eigenvalue weighted by Crippen LogP contribution is -2.35. The van der Waals surface area contributed by atoms with Crippen LogP contribution in [-0.2, 0) is 6.54 Å². The minimum atomic E-state index is 0.0838. The largest absolute Gasteiger partial charge is 0.370 e. The molecule has 0 aliphatic rings. The molecule has 0 radical (unpaired) electrons. The van der Waals surface area contributed by atoms with Gasteiger partial charge in [-0.15, -0.1) is 6.58 Å². The van der Waals surface area contributed by atoms with Gasteiger partial charge in [-0.05, 0) is 32.9 Å². The van der Waals surface area contributed by atoms with Crippen molar-refractivity contribution in [3.63, 3.8) is 0 Å². The summed E-state index contributed by atoms with van der Waals surface area (Å²) in [7, 11) is 2.09. The van der Waals surface area contributed by atoms with Gasteiger partial charge in [0.25, 0.3) is 0 Å². The number of rotatable bonds is 5. The molecule has 1 N–H and O–H groups in total. The summed E-state index contributed by atoms with van der Waals surface area (Å²) < 4.78 is 0. The van der Waals surface area contributed by atoms with Crippen LogP contribution in [0.1, 0.15) is 26.5 Å². The van der Waals surface area contributed by atoms with Crippen molar-refractivity contribution in [1.82, 2.24) is 10.3 Å². The zero-order valence-electron chi connectivity index (χ0n) is 13.5. The SMILES string of the molecule is C=CCN(C)c1cc(CNC(C)(C)C)nc2ccccc12. The Bertz CT molecular complexity index is 626. The molecule has 21 heavy (non-hydrogen) atoms. The number of aromatic nitrogens is 1. The molecule has 3 nitrogen and oxygen atoms in total. The van der Waals surface area contributed by atoms with Crippen molar-refractivity contribution in [3.05, 3.63) is 48.7 Å². The molecular formula is C18H25N3. The number of hydrogen-bond acceptors (Lipinski definition) is 3. The van der Waals surface area contributed by atoms with Crippen LogP contribution in [0, 0.1) is 0 Å². The molecule has 1 aromatic heterocycles. The Morgan fingerprint density at radius 2 is 2.00 bits per heavy atom. The van der Waals surface area contributed by atoms with Crippen molar-refractivity contribution in [2.75, 3.05) is 18.5 Å². The molecule has 2 aromatic rings. The summed E-state index contributed by atoms with van der Waals surface area (Å²) in [6.45, 7) is 11.9. The van der Waals surface area contributed by atoms with Gasteiger partial charge in [0.05, 0.1) is 11.2 Å². The van der Waals surface area contributed by atoms with Crippen LogP contribution in [-0.4, -0.2) is 24.1 Å². The van der Waals surface area contributed by atoms with Crippen molar-refractivity contribution in [1.29, 1.82) is 0 Å². The predicted octanol–water partition coefficient (Wildman–Crippen LogP) is 3.75. The Balaban J connectivity index is 2.41. The molecule has 0 unspecified atom stereocenters. The molecule has 112 valence electrons. The summed E-state index contributed by atoms with van der Waals surface area (Å²) in [5.74, 6) is 0. The molecule has 0 spiro atoms. The first-order valence-corrected chi connectivity index (χ1v) is 7.36. The number of para-hydroxylation sites is 1. The molecule has 0 saturated heterocycles. The van der Waals surface area contributed by atoms with Gasteiger partial charge in [0.1, 0.15) is 0 Å². The smallest absolute Gasteiger partial charge is 0.0726 e. The van der Waals surface area contributed by atoms with E-state index in [4.69, 9.17) is 4.98 Å². The molecule has 0 amide bonds. The summed E-state index contributed by atoms with van der Waals surface area (Å²) in [6, 6.07) is 10.5. The lowest BCUT2D eigenvalue weighted by molar-refractivity contribution is 0.421. The molecule has 0 aliphatic heterocycles. The van der Waals surface area contributed by atoms with E-state index in [1.165, 1.54) is 11.1 Å². The predicted molar refractivity (Wildman–Crippen MR) is 91.8 cm³/mol. The van der Waals surface area contributed by atoms with Crippen molar-refractivity contribution in [2.45, 2.75) is 32.9 Å². The third-order valence-corrected chi connectivity index (χ3v) is 3.36. The van der Waals surface area contributed by atoms with E-state index in [0.717, 1.165) is 24.3 Å². The Labute approximate surface area is 127 Å². The topological polar surface area (TPSA) is 28.2 Å². The van der Waals surface area contributed by atoms with Gasteiger partial charge in [0, 0.05) is 36.7 Å². The highest BCUT2D eigenvalue weighted by atomic mass is 15.1. The third-order valence-electron chi connectivity index (χ3n) is 3.36. The maximum Gasteiger partial charge on any atom is 0.0726 e. The lowest BCUT2D eigenvalue weighted by Gasteiger charge is -2.23. The van der Waals surface area contributed by atoms with Gasteiger partial charge in [-0.1, -0.05) is 24.3 Å². The lowest BCUT2D eigenvalue weighted by atomic mass is 10.1. The van der Waals surface area contributed by atoms with Crippen molar-refractivity contribution < 1.29 is 0 Å². The average molecular weight is 283 g/mol. The van der Waals surface area contributed by atoms with Gasteiger partial charge in [-0.25, -0.2) is 0 Å². The highest BCUT2D eigenvalue weighted by molar-refractivity contribution is 5.91. The molecule has 0 saturated carbocycles. The van der Waals surface area contributed by atoms with E-state index in [1.807, 2.05) is 12.1 Å². The van der Waals surface area contributed by atoms with E-state index in [-0.39, 0.29) is 5.54 Å². The second-order valence-electron chi connectivity index (χ2n) is 6.42. The first-order chi connectivity index (χ1) is 9.90. The zero-order chi connectivity index (χ0) is 15.5. The number of pyridine rings is 1. The van der Waals surface area contributed by atoms with Gasteiger partial charge in [-0.2, -0.15) is 0 Å². The molecule has 0 aliphatic carbocycles. The number of fused-ring (bicyclic) bond motifs is 1. The van der Waals surface area contributed by atoms with Crippen LogP contribution < -0.4 is 10.2 Å². The Kier molecular flexibility index (Phi) is 4.63. The maximum absolute atomic E-state index is 4.77. The van der Waals surface area contributed by atoms with Gasteiger partial charge < -0.3 is 10.2 Å². The third kappa shape index (κ3) is 4.05. The second-order valence-corrected chi connectivity index (χ2v) is 6.42. The van der Waals surface area contributed by atoms with E-state index in [1.54, 1.807) is 0 Å². The van der Waals surface area contributed by atoms with E-state index in [9.17, 15) is 0 Å². The summed E-state index contributed by atoms with van der Waals surface area (Å²) in [6.07, 6.45) is 1.92. The fourth-order valence-corrected chi connectivity index (χ4v) is 2.26. The van der Waals surface area contributed by atoms with Gasteiger partial charge in [0.15, 0.2) is 0 Å². The standard InChI is InChI=1S/C18H25N3/c1-6-11-21(5)17-12-14(13-19-18(2,3)4)20-16-10-8-7-9-15(16)17/h6-10,12,19H,1,11,13H2,2-5H3. The van der Waals surface area contributed by atoms with Crippen molar-refractivity contribution in [2.24, 2.45) is 0 Å². The molecule has 0 atom stereocenters. The summed E-state index contributed by atoms with van der Waals surface area (Å²) in [4.78, 5) is 6.97. The van der Waals surface area contributed by atoms with E-state index in [2.05, 4.69) is 68.9 Å². The van der Waals surface area contributed by atoms with Gasteiger partial charge in [-0.3, -0.25) is 4.98 Å². The quantitative estimate of drug-likeness (QED) is 0.847. The maximum atomic E-state index is 4.77. The fourth-order valence-electron chi connectivity index (χ4n) is 2.26. The van der Waals surface area contributed by atoms with Crippen molar-refractivity contribution in [3.8, 4) is 0 Å². The second kappa shape index (κ2) is 6.27. The van der Waals surface area contributed by atoms with Crippen LogP contribution in [0.5, 0.6) is 0 Å². The van der Waals surface area contributed by atoms with Crippen LogP contribution in [0.15, 0.2) is 43.0 Å². The summed E-state index contributed by atoms with van der Waals surface area (Å²) in [5.41, 5.74) is 3.39. The van der Waals surface area contributed by atoms with Crippen LogP contribution in [0.2, 0.25) is 0 Å². The zero-order valence-corrected chi connectivity index (χ0v) is 13.5. The number of anilines is 1. The molecule has 0 bridgehead atoms. The van der Waals surface area contributed by atoms with Gasteiger partial charge >= 0.3 is 0 Å². The minimum Gasteiger partial charge on any atom is -0.370 e. The summed E-state index contributed by atoms with van der Waals surface area (Å²) in [5, 5.41) is 4.68. The first-order valence-electron chi connectivity index (χ1n) is 7.36. The number of nitrogens with one attached hydrogen (secondary N) is 1. The van der Waals surface area contributed by atoms with Crippen LogP contribution >= 0.6 is 0 Å². The molecule has 0 fully saturated rings. The molecule has 2 rings (SSSR count). The molecule has 3 heteroatoms. The highest BCUT2D eigenvalue weighted by Crippen LogP contribution is 2.26. The molecule has 1 aromatic carbocycles. The van der Waals surface area contributed by atoms with Crippen molar-refractivity contribution >= 4 is 16.6 Å². The highest BCUT2D eigenvalue weighted by Gasteiger charge is 2.12. The van der Waals surface area contributed by atoms with E-state index >= 15 is 0 Å². The Morgan fingerprint density at radius 1 is 1.29 bits per heavy atom. The number of likely N-dealkylation sites (N-methyl/N-ethyl adjacent to an activating group) is 1. The molecule has 1 heterocycles. The Hall–Kier alpha value is -1.87. The fraction of sp³-hybridized carbons (Fsp3) is 0.389. The van der Waals surface area contributed by atoms with Gasteiger partial charge in [0.2, 0.25) is 0 Å². The molecular weight excluding hydrogens is 258 g/mol. The van der Waals surface area contributed by atoms with E-state index < -0.39 is 0 Å². The normalized spacial score (nSPS) is 11.6. The number of nitrogens with zero attached hydrogens (tertiary/aromatic N) is 2. The Morgan fingerprint density at radius 3 is 2.67 bits per heavy atom. The van der Waals surface area contributed by atoms with Crippen LogP contribution in [0.4, 0.5) is 5.69 Å². The average Bonchev–Trinajstić information content (AvgIpc) is 2.43. The number of hydrogen-bond donors (Lipinski definition) is 1. The monoisotopic (exact) mass is 283 g/mol.